The monoisotopic (exact) mass is 517 g/mol. The summed E-state index contributed by atoms with van der Waals surface area (Å²) < 4.78 is 29.9. The van der Waals surface area contributed by atoms with Crippen LogP contribution in [-0.4, -0.2) is 43.4 Å². The van der Waals surface area contributed by atoms with Gasteiger partial charge < -0.3 is 9.64 Å². The van der Waals surface area contributed by atoms with Gasteiger partial charge in [-0.05, 0) is 54.3 Å². The van der Waals surface area contributed by atoms with Gasteiger partial charge in [-0.25, -0.2) is 8.42 Å². The van der Waals surface area contributed by atoms with E-state index in [9.17, 15) is 13.2 Å². The minimum atomic E-state index is -3.15. The van der Waals surface area contributed by atoms with Crippen LogP contribution in [0, 0.1) is 6.92 Å². The van der Waals surface area contributed by atoms with E-state index >= 15 is 0 Å². The smallest absolute Gasteiger partial charge is 0.261 e. The summed E-state index contributed by atoms with van der Waals surface area (Å²) in [5, 5.41) is 1.13. The van der Waals surface area contributed by atoms with Crippen LogP contribution in [0.15, 0.2) is 66.7 Å². The maximum atomic E-state index is 13.1. The molecule has 0 aliphatic carbocycles. The lowest BCUT2D eigenvalue weighted by Gasteiger charge is -2.28. The van der Waals surface area contributed by atoms with Crippen LogP contribution in [0.5, 0.6) is 5.75 Å². The van der Waals surface area contributed by atoms with E-state index in [0.29, 0.717) is 28.8 Å². The van der Waals surface area contributed by atoms with Gasteiger partial charge >= 0.3 is 0 Å². The second kappa shape index (κ2) is 10.4. The van der Waals surface area contributed by atoms with Gasteiger partial charge in [-0.1, -0.05) is 65.7 Å². The minimum absolute atomic E-state index is 0.0261. The molecule has 1 saturated heterocycles. The SMILES string of the molecule is Cc1cccc(OCC(=O)N(Cc2ccc(-c3ccc(Cl)cc3Cl)cc2)C2CCS(=O)(=O)C2)c1. The number of aryl methyl sites for hydroxylation is 1. The van der Waals surface area contributed by atoms with Crippen molar-refractivity contribution in [2.75, 3.05) is 18.1 Å². The van der Waals surface area contributed by atoms with Gasteiger partial charge in [0.05, 0.1) is 11.5 Å². The van der Waals surface area contributed by atoms with E-state index in [1.54, 1.807) is 23.1 Å². The maximum Gasteiger partial charge on any atom is 0.261 e. The number of ether oxygens (including phenoxy) is 1. The zero-order chi connectivity index (χ0) is 24.3. The summed E-state index contributed by atoms with van der Waals surface area (Å²) in [4.78, 5) is 14.8. The zero-order valence-corrected chi connectivity index (χ0v) is 21.0. The number of carbonyl (C=O) groups excluding carboxylic acids is 1. The molecule has 1 fully saturated rings. The van der Waals surface area contributed by atoms with Crippen LogP contribution in [0.4, 0.5) is 0 Å². The highest BCUT2D eigenvalue weighted by atomic mass is 35.5. The molecule has 1 aliphatic heterocycles. The van der Waals surface area contributed by atoms with Crippen LogP contribution in [0.2, 0.25) is 10.0 Å². The van der Waals surface area contributed by atoms with Crippen molar-refractivity contribution in [1.82, 2.24) is 4.90 Å². The van der Waals surface area contributed by atoms with Crippen molar-refractivity contribution >= 4 is 38.9 Å². The van der Waals surface area contributed by atoms with Crippen LogP contribution in [-0.2, 0) is 21.2 Å². The Bertz CT molecular complexity index is 1290. The fourth-order valence-electron chi connectivity index (χ4n) is 4.09. The van der Waals surface area contributed by atoms with Crippen LogP contribution >= 0.6 is 23.2 Å². The molecule has 0 N–H and O–H groups in total. The van der Waals surface area contributed by atoms with Crippen molar-refractivity contribution in [1.29, 1.82) is 0 Å². The van der Waals surface area contributed by atoms with Crippen molar-refractivity contribution in [3.63, 3.8) is 0 Å². The van der Waals surface area contributed by atoms with Gasteiger partial charge in [0.15, 0.2) is 16.4 Å². The summed E-state index contributed by atoms with van der Waals surface area (Å²) >= 11 is 12.3. The molecule has 1 atom stereocenters. The first-order chi connectivity index (χ1) is 16.2. The second-order valence-corrected chi connectivity index (χ2v) is 11.6. The molecule has 8 heteroatoms. The van der Waals surface area contributed by atoms with Crippen LogP contribution in [0.25, 0.3) is 11.1 Å². The van der Waals surface area contributed by atoms with E-state index in [1.165, 1.54) is 0 Å². The highest BCUT2D eigenvalue weighted by Crippen LogP contribution is 2.31. The molecule has 1 unspecified atom stereocenters. The predicted octanol–water partition coefficient (Wildman–Crippen LogP) is 5.56. The molecule has 0 radical (unpaired) electrons. The number of benzene rings is 3. The average molecular weight is 518 g/mol. The first-order valence-electron chi connectivity index (χ1n) is 10.9. The topological polar surface area (TPSA) is 63.7 Å². The molecule has 0 saturated carbocycles. The molecule has 1 amide bonds. The predicted molar refractivity (Wildman–Crippen MR) is 136 cm³/mol. The molecule has 4 rings (SSSR count). The van der Waals surface area contributed by atoms with Gasteiger partial charge in [-0.3, -0.25) is 4.79 Å². The quantitative estimate of drug-likeness (QED) is 0.411. The molecule has 3 aromatic carbocycles. The Labute approximate surface area is 210 Å². The van der Waals surface area contributed by atoms with Crippen LogP contribution in [0.3, 0.4) is 0 Å². The number of hydrogen-bond acceptors (Lipinski definition) is 4. The van der Waals surface area contributed by atoms with Crippen molar-refractivity contribution in [3.8, 4) is 16.9 Å². The molecule has 0 spiro atoms. The maximum absolute atomic E-state index is 13.1. The van der Waals surface area contributed by atoms with E-state index in [0.717, 1.165) is 22.3 Å². The molecule has 34 heavy (non-hydrogen) atoms. The van der Waals surface area contributed by atoms with Crippen LogP contribution < -0.4 is 4.74 Å². The van der Waals surface area contributed by atoms with Gasteiger partial charge in [0.25, 0.3) is 5.91 Å². The summed E-state index contributed by atoms with van der Waals surface area (Å²) in [5.41, 5.74) is 3.71. The molecule has 0 aromatic heterocycles. The lowest BCUT2D eigenvalue weighted by Crippen LogP contribution is -2.43. The average Bonchev–Trinajstić information content (AvgIpc) is 3.16. The van der Waals surface area contributed by atoms with E-state index < -0.39 is 9.84 Å². The van der Waals surface area contributed by atoms with Crippen molar-refractivity contribution in [3.05, 3.63) is 87.9 Å². The molecule has 1 aliphatic rings. The summed E-state index contributed by atoms with van der Waals surface area (Å²) in [5.74, 6) is 0.431. The van der Waals surface area contributed by atoms with E-state index in [1.807, 2.05) is 55.5 Å². The first-order valence-corrected chi connectivity index (χ1v) is 13.5. The van der Waals surface area contributed by atoms with E-state index in [4.69, 9.17) is 27.9 Å². The highest BCUT2D eigenvalue weighted by molar-refractivity contribution is 7.91. The Morgan fingerprint density at radius 3 is 2.47 bits per heavy atom. The Kier molecular flexibility index (Phi) is 7.51. The number of halogens is 2. The fourth-order valence-corrected chi connectivity index (χ4v) is 6.33. The third-order valence-electron chi connectivity index (χ3n) is 5.87. The van der Waals surface area contributed by atoms with Crippen molar-refractivity contribution in [2.24, 2.45) is 0 Å². The lowest BCUT2D eigenvalue weighted by molar-refractivity contribution is -0.136. The molecule has 3 aromatic rings. The Morgan fingerprint density at radius 2 is 1.82 bits per heavy atom. The number of amides is 1. The summed E-state index contributed by atoms with van der Waals surface area (Å²) in [6.07, 6.45) is 0.428. The van der Waals surface area contributed by atoms with Crippen molar-refractivity contribution in [2.45, 2.75) is 25.9 Å². The van der Waals surface area contributed by atoms with E-state index in [2.05, 4.69) is 0 Å². The number of hydrogen-bond donors (Lipinski definition) is 0. The summed E-state index contributed by atoms with van der Waals surface area (Å²) in [6.45, 7) is 2.09. The number of nitrogens with zero attached hydrogens (tertiary/aromatic N) is 1. The Morgan fingerprint density at radius 1 is 1.06 bits per heavy atom. The van der Waals surface area contributed by atoms with Gasteiger partial charge in [0.2, 0.25) is 0 Å². The third kappa shape index (κ3) is 6.12. The molecule has 178 valence electrons. The van der Waals surface area contributed by atoms with Gasteiger partial charge in [0.1, 0.15) is 5.75 Å². The summed E-state index contributed by atoms with van der Waals surface area (Å²) in [7, 11) is -3.15. The zero-order valence-electron chi connectivity index (χ0n) is 18.7. The number of sulfone groups is 1. The largest absolute Gasteiger partial charge is 0.484 e. The Hall–Kier alpha value is -2.54. The highest BCUT2D eigenvalue weighted by Gasteiger charge is 2.34. The van der Waals surface area contributed by atoms with Gasteiger partial charge in [0, 0.05) is 28.2 Å². The minimum Gasteiger partial charge on any atom is -0.484 e. The lowest BCUT2D eigenvalue weighted by atomic mass is 10.0. The standard InChI is InChI=1S/C26H25Cl2NO4S/c1-18-3-2-4-23(13-18)33-16-26(30)29(22-11-12-34(31,32)17-22)15-19-5-7-20(8-6-19)24-10-9-21(27)14-25(24)28/h2-10,13-14,22H,11-12,15-17H2,1H3. The normalized spacial score (nSPS) is 16.9. The van der Waals surface area contributed by atoms with Gasteiger partial charge in [-0.15, -0.1) is 0 Å². The molecular formula is C26H25Cl2NO4S. The van der Waals surface area contributed by atoms with Crippen molar-refractivity contribution < 1.29 is 17.9 Å². The first kappa shape index (κ1) is 24.6. The van der Waals surface area contributed by atoms with Gasteiger partial charge in [-0.2, -0.15) is 0 Å². The molecule has 0 bridgehead atoms. The number of carbonyl (C=O) groups is 1. The second-order valence-electron chi connectivity index (χ2n) is 8.50. The molecular weight excluding hydrogens is 493 g/mol. The third-order valence-corrected chi connectivity index (χ3v) is 8.17. The van der Waals surface area contributed by atoms with E-state index in [-0.39, 0.29) is 30.1 Å². The molecule has 5 nitrogen and oxygen atoms in total. The van der Waals surface area contributed by atoms with Crippen LogP contribution in [0.1, 0.15) is 17.5 Å². The Balaban J connectivity index is 1.51. The summed E-state index contributed by atoms with van der Waals surface area (Å²) in [6, 6.07) is 20.2. The molecule has 1 heterocycles. The fraction of sp³-hybridized carbons (Fsp3) is 0.269. The number of rotatable bonds is 7.